The number of halogens is 1. The van der Waals surface area contributed by atoms with E-state index < -0.39 is 6.10 Å². The number of aromatic nitrogens is 1. The number of anilines is 1. The molecule has 1 unspecified atom stereocenters. The first-order chi connectivity index (χ1) is 10.9. The van der Waals surface area contributed by atoms with Gasteiger partial charge in [0.25, 0.3) is 0 Å². The third-order valence-electron chi connectivity index (χ3n) is 5.15. The molecule has 1 aliphatic heterocycles. The Labute approximate surface area is 133 Å². The number of aliphatic hydroxyl groups is 1. The molecule has 0 amide bonds. The molecular weight excluding hydrogens is 291 g/mol. The number of fused-ring (bicyclic) bond motifs is 4. The van der Waals surface area contributed by atoms with Crippen molar-refractivity contribution in [3.8, 4) is 0 Å². The van der Waals surface area contributed by atoms with Gasteiger partial charge in [-0.1, -0.05) is 0 Å². The molecule has 1 aliphatic rings. The molecule has 0 aliphatic carbocycles. The fourth-order valence-corrected chi connectivity index (χ4v) is 3.69. The molecule has 3 aromatic rings. The quantitative estimate of drug-likeness (QED) is 0.557. The summed E-state index contributed by atoms with van der Waals surface area (Å²) in [6.07, 6.45) is -0.613. The van der Waals surface area contributed by atoms with Crippen LogP contribution in [-0.2, 0) is 0 Å². The molecule has 0 bridgehead atoms. The van der Waals surface area contributed by atoms with E-state index in [9.17, 15) is 9.50 Å². The lowest BCUT2D eigenvalue weighted by Gasteiger charge is -2.29. The van der Waals surface area contributed by atoms with Crippen molar-refractivity contribution in [1.82, 2.24) is 4.98 Å². The standard InChI is InChI=1S/C19H19FN2O/c1-8-11(4)21-18-9(2)15-13-7-12(20)5-6-14(13)22-17(15)10(3)16(18)19(8)23/h5-7,19,21-23H,1-4H3. The van der Waals surface area contributed by atoms with Gasteiger partial charge in [-0.3, -0.25) is 0 Å². The van der Waals surface area contributed by atoms with Crippen molar-refractivity contribution in [2.45, 2.75) is 33.8 Å². The van der Waals surface area contributed by atoms with Gasteiger partial charge < -0.3 is 15.4 Å². The highest BCUT2D eigenvalue weighted by Crippen LogP contribution is 2.45. The van der Waals surface area contributed by atoms with Crippen molar-refractivity contribution in [1.29, 1.82) is 0 Å². The molecule has 2 aromatic carbocycles. The van der Waals surface area contributed by atoms with Crippen LogP contribution in [0.5, 0.6) is 0 Å². The summed E-state index contributed by atoms with van der Waals surface area (Å²) in [4.78, 5) is 3.39. The van der Waals surface area contributed by atoms with Gasteiger partial charge in [0.15, 0.2) is 0 Å². The molecule has 0 saturated carbocycles. The zero-order valence-electron chi connectivity index (χ0n) is 13.6. The first-order valence-corrected chi connectivity index (χ1v) is 7.76. The van der Waals surface area contributed by atoms with Crippen LogP contribution >= 0.6 is 0 Å². The number of hydrogen-bond acceptors (Lipinski definition) is 2. The van der Waals surface area contributed by atoms with Crippen molar-refractivity contribution < 1.29 is 9.50 Å². The second-order valence-corrected chi connectivity index (χ2v) is 6.44. The average molecular weight is 310 g/mol. The molecule has 1 aromatic heterocycles. The van der Waals surface area contributed by atoms with Gasteiger partial charge in [0.05, 0.1) is 5.52 Å². The first kappa shape index (κ1) is 14.3. The van der Waals surface area contributed by atoms with Crippen LogP contribution < -0.4 is 5.32 Å². The van der Waals surface area contributed by atoms with Crippen molar-refractivity contribution in [2.24, 2.45) is 0 Å². The van der Waals surface area contributed by atoms with Gasteiger partial charge >= 0.3 is 0 Å². The van der Waals surface area contributed by atoms with Gasteiger partial charge in [0, 0.05) is 33.2 Å². The molecule has 0 radical (unpaired) electrons. The number of hydrogen-bond donors (Lipinski definition) is 3. The molecular formula is C19H19FN2O. The zero-order chi connectivity index (χ0) is 16.5. The maximum Gasteiger partial charge on any atom is 0.123 e. The molecule has 118 valence electrons. The van der Waals surface area contributed by atoms with E-state index in [2.05, 4.69) is 10.3 Å². The lowest BCUT2D eigenvalue weighted by Crippen LogP contribution is -2.17. The second kappa shape index (κ2) is 4.59. The van der Waals surface area contributed by atoms with Gasteiger partial charge in [-0.25, -0.2) is 4.39 Å². The Kier molecular flexibility index (Phi) is 2.85. The summed E-state index contributed by atoms with van der Waals surface area (Å²) in [5.41, 5.74) is 7.66. The monoisotopic (exact) mass is 310 g/mol. The molecule has 23 heavy (non-hydrogen) atoms. The smallest absolute Gasteiger partial charge is 0.123 e. The van der Waals surface area contributed by atoms with Crippen LogP contribution in [0.2, 0.25) is 0 Å². The van der Waals surface area contributed by atoms with Crippen LogP contribution in [0.15, 0.2) is 29.5 Å². The van der Waals surface area contributed by atoms with E-state index >= 15 is 0 Å². The molecule has 3 N–H and O–H groups in total. The Morgan fingerprint density at radius 3 is 2.57 bits per heavy atom. The summed E-state index contributed by atoms with van der Waals surface area (Å²) in [6.45, 7) is 7.93. The summed E-state index contributed by atoms with van der Waals surface area (Å²) in [6, 6.07) is 4.80. The Balaban J connectivity index is 2.18. The molecule has 2 heterocycles. The van der Waals surface area contributed by atoms with Crippen LogP contribution in [0.3, 0.4) is 0 Å². The number of rotatable bonds is 0. The highest BCUT2D eigenvalue weighted by molar-refractivity contribution is 6.12. The van der Waals surface area contributed by atoms with E-state index in [0.717, 1.165) is 55.5 Å². The lowest BCUT2D eigenvalue weighted by molar-refractivity contribution is 0.213. The summed E-state index contributed by atoms with van der Waals surface area (Å²) < 4.78 is 13.7. The summed E-state index contributed by atoms with van der Waals surface area (Å²) in [5.74, 6) is -0.243. The van der Waals surface area contributed by atoms with E-state index in [1.807, 2.05) is 27.7 Å². The van der Waals surface area contributed by atoms with Gasteiger partial charge in [-0.05, 0) is 62.6 Å². The van der Waals surface area contributed by atoms with Crippen LogP contribution in [-0.4, -0.2) is 10.1 Å². The molecule has 4 rings (SSSR count). The average Bonchev–Trinajstić information content (AvgIpc) is 2.89. The Bertz CT molecular complexity index is 1010. The normalized spacial score (nSPS) is 17.7. The Morgan fingerprint density at radius 1 is 1.09 bits per heavy atom. The number of aryl methyl sites for hydroxylation is 2. The van der Waals surface area contributed by atoms with Crippen LogP contribution in [0.1, 0.15) is 36.6 Å². The Morgan fingerprint density at radius 2 is 1.83 bits per heavy atom. The van der Waals surface area contributed by atoms with Gasteiger partial charge in [-0.15, -0.1) is 0 Å². The van der Waals surface area contributed by atoms with E-state index in [1.54, 1.807) is 12.1 Å². The fourth-order valence-electron chi connectivity index (χ4n) is 3.69. The molecule has 0 spiro atoms. The highest BCUT2D eigenvalue weighted by atomic mass is 19.1. The number of allylic oxidation sites excluding steroid dienone is 1. The van der Waals surface area contributed by atoms with Gasteiger partial charge in [0.1, 0.15) is 11.9 Å². The molecule has 3 nitrogen and oxygen atoms in total. The first-order valence-electron chi connectivity index (χ1n) is 7.76. The predicted molar refractivity (Wildman–Crippen MR) is 92.2 cm³/mol. The minimum absolute atomic E-state index is 0.243. The zero-order valence-corrected chi connectivity index (χ0v) is 13.6. The minimum Gasteiger partial charge on any atom is -0.384 e. The van der Waals surface area contributed by atoms with Crippen LogP contribution in [0.4, 0.5) is 10.1 Å². The predicted octanol–water partition coefficient (Wildman–Crippen LogP) is 4.83. The largest absolute Gasteiger partial charge is 0.384 e. The van der Waals surface area contributed by atoms with E-state index in [1.165, 1.54) is 6.07 Å². The van der Waals surface area contributed by atoms with Crippen LogP contribution in [0, 0.1) is 19.7 Å². The summed E-state index contributed by atoms with van der Waals surface area (Å²) in [5, 5.41) is 16.0. The summed E-state index contributed by atoms with van der Waals surface area (Å²) in [7, 11) is 0. The van der Waals surface area contributed by atoms with Gasteiger partial charge in [0.2, 0.25) is 0 Å². The number of H-pyrrole nitrogens is 1. The number of nitrogens with one attached hydrogen (secondary N) is 2. The topological polar surface area (TPSA) is 48.0 Å². The number of aromatic amines is 1. The SMILES string of the molecule is CC1=C(C)C(O)c2c(c(C)c3c([nH]c4ccc(F)cc43)c2C)N1. The van der Waals surface area contributed by atoms with Crippen molar-refractivity contribution >= 4 is 27.5 Å². The highest BCUT2D eigenvalue weighted by Gasteiger charge is 2.28. The van der Waals surface area contributed by atoms with Gasteiger partial charge in [-0.2, -0.15) is 0 Å². The van der Waals surface area contributed by atoms with E-state index in [-0.39, 0.29) is 5.82 Å². The fraction of sp³-hybridized carbons (Fsp3) is 0.263. The third kappa shape index (κ3) is 1.78. The molecule has 0 fully saturated rings. The van der Waals surface area contributed by atoms with Crippen molar-refractivity contribution in [3.63, 3.8) is 0 Å². The van der Waals surface area contributed by atoms with Crippen molar-refractivity contribution in [2.75, 3.05) is 5.32 Å². The minimum atomic E-state index is -0.613. The summed E-state index contributed by atoms with van der Waals surface area (Å²) >= 11 is 0. The molecule has 0 saturated heterocycles. The third-order valence-corrected chi connectivity index (χ3v) is 5.15. The van der Waals surface area contributed by atoms with Crippen molar-refractivity contribution in [3.05, 3.63) is 52.0 Å². The Hall–Kier alpha value is -2.33. The molecule has 4 heteroatoms. The maximum atomic E-state index is 13.7. The number of benzene rings is 2. The second-order valence-electron chi connectivity index (χ2n) is 6.44. The molecule has 1 atom stereocenters. The van der Waals surface area contributed by atoms with Crippen LogP contribution in [0.25, 0.3) is 21.8 Å². The number of aliphatic hydroxyl groups excluding tert-OH is 1. The van der Waals surface area contributed by atoms with E-state index in [4.69, 9.17) is 0 Å². The lowest BCUT2D eigenvalue weighted by atomic mass is 9.87. The van der Waals surface area contributed by atoms with E-state index in [0.29, 0.717) is 0 Å². The maximum absolute atomic E-state index is 13.7.